The van der Waals surface area contributed by atoms with Gasteiger partial charge in [0.2, 0.25) is 24.3 Å². The number of methoxy groups -OCH3 is 2. The predicted molar refractivity (Wildman–Crippen MR) is 111 cm³/mol. The fraction of sp³-hybridized carbons (Fsp3) is 0.182. The van der Waals surface area contributed by atoms with Gasteiger partial charge in [0.25, 0.3) is 0 Å². The minimum atomic E-state index is -0.661. The Morgan fingerprint density at radius 1 is 1.16 bits per heavy atom. The number of aromatic amines is 1. The van der Waals surface area contributed by atoms with E-state index in [-0.39, 0.29) is 41.4 Å². The van der Waals surface area contributed by atoms with Crippen molar-refractivity contribution in [3.05, 3.63) is 52.9 Å². The lowest BCUT2D eigenvalue weighted by Crippen LogP contribution is -2.21. The molecule has 0 amide bonds. The highest BCUT2D eigenvalue weighted by atomic mass is 16.7. The molecule has 0 aliphatic carbocycles. The number of nitrogens with two attached hydrogens (primary N) is 1. The van der Waals surface area contributed by atoms with Gasteiger partial charge in [-0.05, 0) is 35.9 Å². The molecule has 3 aromatic rings. The molecule has 4 N–H and O–H groups in total. The van der Waals surface area contributed by atoms with Crippen molar-refractivity contribution in [2.75, 3.05) is 21.0 Å². The lowest BCUT2D eigenvalue weighted by molar-refractivity contribution is 0.174. The van der Waals surface area contributed by atoms with Crippen molar-refractivity contribution in [3.8, 4) is 52.0 Å². The smallest absolute Gasteiger partial charge is 0.244 e. The largest absolute Gasteiger partial charge is 0.502 e. The molecule has 32 heavy (non-hydrogen) atoms. The maximum Gasteiger partial charge on any atom is 0.244 e. The quantitative estimate of drug-likeness (QED) is 0.564. The lowest BCUT2D eigenvalue weighted by atomic mass is 9.82. The Balaban J connectivity index is 1.73. The molecule has 0 radical (unpaired) electrons. The highest BCUT2D eigenvalue weighted by molar-refractivity contribution is 5.73. The number of benzene rings is 2. The third kappa shape index (κ3) is 2.83. The van der Waals surface area contributed by atoms with E-state index < -0.39 is 5.92 Å². The van der Waals surface area contributed by atoms with Gasteiger partial charge in [-0.3, -0.25) is 5.10 Å². The second kappa shape index (κ2) is 7.31. The fourth-order valence-electron chi connectivity index (χ4n) is 3.93. The lowest BCUT2D eigenvalue weighted by Gasteiger charge is -2.25. The van der Waals surface area contributed by atoms with Crippen molar-refractivity contribution in [1.82, 2.24) is 10.2 Å². The van der Waals surface area contributed by atoms with Crippen LogP contribution < -0.4 is 29.4 Å². The van der Waals surface area contributed by atoms with Crippen LogP contribution in [0, 0.1) is 11.3 Å². The molecule has 2 aliphatic heterocycles. The first-order chi connectivity index (χ1) is 15.5. The Morgan fingerprint density at radius 2 is 1.88 bits per heavy atom. The van der Waals surface area contributed by atoms with Gasteiger partial charge >= 0.3 is 0 Å². The summed E-state index contributed by atoms with van der Waals surface area (Å²) in [6.45, 7) is 0.149. The van der Waals surface area contributed by atoms with Crippen LogP contribution in [0.3, 0.4) is 0 Å². The number of hydrogen-bond donors (Lipinski definition) is 3. The molecule has 162 valence electrons. The average Bonchev–Trinajstić information content (AvgIpc) is 3.44. The summed E-state index contributed by atoms with van der Waals surface area (Å²) in [7, 11) is 2.86. The van der Waals surface area contributed by atoms with Gasteiger partial charge in [-0.1, -0.05) is 0 Å². The van der Waals surface area contributed by atoms with E-state index in [1.54, 1.807) is 18.2 Å². The van der Waals surface area contributed by atoms with E-state index in [0.717, 1.165) is 5.56 Å². The SMILES string of the molecule is COc1cc([C@@H]2C(C#N)=C(N)Oc3n[nH]c(-c4ccc5c(c4)OCO5)c32)cc(OC)c1O. The minimum absolute atomic E-state index is 0.0558. The molecule has 1 aromatic heterocycles. The van der Waals surface area contributed by atoms with Gasteiger partial charge in [0.05, 0.1) is 31.4 Å². The van der Waals surface area contributed by atoms with E-state index in [2.05, 4.69) is 16.3 Å². The zero-order chi connectivity index (χ0) is 22.4. The summed E-state index contributed by atoms with van der Waals surface area (Å²) in [5.74, 6) is 1.00. The maximum atomic E-state index is 10.3. The molecule has 5 rings (SSSR count). The van der Waals surface area contributed by atoms with Crippen molar-refractivity contribution in [2.24, 2.45) is 5.73 Å². The Labute approximate surface area is 182 Å². The summed E-state index contributed by atoms with van der Waals surface area (Å²) < 4.78 is 27.1. The monoisotopic (exact) mass is 434 g/mol. The number of aromatic hydroxyl groups is 1. The third-order valence-corrected chi connectivity index (χ3v) is 5.44. The number of ether oxygens (including phenoxy) is 5. The van der Waals surface area contributed by atoms with E-state index in [1.165, 1.54) is 14.2 Å². The Kier molecular flexibility index (Phi) is 4.44. The first kappa shape index (κ1) is 19.4. The van der Waals surface area contributed by atoms with Crippen molar-refractivity contribution in [1.29, 1.82) is 5.26 Å². The van der Waals surface area contributed by atoms with Gasteiger partial charge < -0.3 is 34.5 Å². The molecular formula is C22H18N4O6. The molecule has 10 heteroatoms. The van der Waals surface area contributed by atoms with Gasteiger partial charge in [0.1, 0.15) is 11.6 Å². The van der Waals surface area contributed by atoms with E-state index >= 15 is 0 Å². The number of nitrogens with zero attached hydrogens (tertiary/aromatic N) is 2. The van der Waals surface area contributed by atoms with Crippen LogP contribution in [0.2, 0.25) is 0 Å². The first-order valence-corrected chi connectivity index (χ1v) is 9.56. The number of phenolic OH excluding ortho intramolecular Hbond substituents is 1. The highest BCUT2D eigenvalue weighted by Crippen LogP contribution is 2.49. The number of rotatable bonds is 4. The van der Waals surface area contributed by atoms with Crippen molar-refractivity contribution in [2.45, 2.75) is 5.92 Å². The zero-order valence-corrected chi connectivity index (χ0v) is 17.1. The van der Waals surface area contributed by atoms with Crippen LogP contribution in [-0.4, -0.2) is 36.3 Å². The predicted octanol–water partition coefficient (Wildman–Crippen LogP) is 2.75. The molecule has 1 atom stereocenters. The number of aromatic nitrogens is 2. The van der Waals surface area contributed by atoms with Gasteiger partial charge in [-0.2, -0.15) is 5.26 Å². The van der Waals surface area contributed by atoms with Crippen LogP contribution in [0.5, 0.6) is 34.6 Å². The van der Waals surface area contributed by atoms with Crippen molar-refractivity contribution >= 4 is 0 Å². The second-order valence-electron chi connectivity index (χ2n) is 7.08. The molecule has 0 spiro atoms. The number of nitrogens with one attached hydrogen (secondary N) is 1. The van der Waals surface area contributed by atoms with Crippen molar-refractivity contribution in [3.63, 3.8) is 0 Å². The molecule has 0 bridgehead atoms. The topological polar surface area (TPSA) is 145 Å². The molecule has 0 fully saturated rings. The highest BCUT2D eigenvalue weighted by Gasteiger charge is 2.37. The molecule has 10 nitrogen and oxygen atoms in total. The van der Waals surface area contributed by atoms with Gasteiger partial charge in [0.15, 0.2) is 23.0 Å². The zero-order valence-electron chi connectivity index (χ0n) is 17.1. The molecule has 0 unspecified atom stereocenters. The van der Waals surface area contributed by atoms with Gasteiger partial charge in [-0.15, -0.1) is 5.10 Å². The van der Waals surface area contributed by atoms with E-state index in [1.807, 2.05) is 12.1 Å². The van der Waals surface area contributed by atoms with Crippen LogP contribution in [0.15, 0.2) is 41.8 Å². The molecule has 0 saturated carbocycles. The van der Waals surface area contributed by atoms with Crippen LogP contribution in [0.1, 0.15) is 17.0 Å². The number of hydrogen-bond acceptors (Lipinski definition) is 9. The first-order valence-electron chi connectivity index (χ1n) is 9.56. The molecule has 2 aromatic carbocycles. The minimum Gasteiger partial charge on any atom is -0.502 e. The number of allylic oxidation sites excluding steroid dienone is 1. The molecular weight excluding hydrogens is 416 g/mol. The van der Waals surface area contributed by atoms with Crippen LogP contribution in [0.25, 0.3) is 11.3 Å². The maximum absolute atomic E-state index is 10.3. The van der Waals surface area contributed by atoms with E-state index in [9.17, 15) is 10.4 Å². The van der Waals surface area contributed by atoms with Crippen LogP contribution in [-0.2, 0) is 0 Å². The Bertz CT molecular complexity index is 1280. The third-order valence-electron chi connectivity index (χ3n) is 5.44. The normalized spacial score (nSPS) is 16.2. The Morgan fingerprint density at radius 3 is 2.56 bits per heavy atom. The van der Waals surface area contributed by atoms with Gasteiger partial charge in [-0.25, -0.2) is 0 Å². The second-order valence-corrected chi connectivity index (χ2v) is 7.08. The van der Waals surface area contributed by atoms with Crippen LogP contribution in [0.4, 0.5) is 0 Å². The molecule has 2 aliphatic rings. The molecule has 3 heterocycles. The van der Waals surface area contributed by atoms with Gasteiger partial charge in [0, 0.05) is 5.56 Å². The van der Waals surface area contributed by atoms with Crippen LogP contribution >= 0.6 is 0 Å². The summed E-state index contributed by atoms with van der Waals surface area (Å²) in [6, 6.07) is 10.9. The molecule has 0 saturated heterocycles. The number of phenols is 1. The fourth-order valence-corrected chi connectivity index (χ4v) is 3.93. The summed E-state index contributed by atoms with van der Waals surface area (Å²) in [5.41, 5.74) is 8.83. The Hall–Kier alpha value is -4.52. The average molecular weight is 434 g/mol. The summed E-state index contributed by atoms with van der Waals surface area (Å²) in [5, 5.41) is 27.5. The number of fused-ring (bicyclic) bond motifs is 2. The number of nitriles is 1. The standard InChI is InChI=1S/C22H18N4O6/c1-28-15-6-11(7-16(29-2)20(15)27)17-12(8-23)21(24)32-22-18(17)19(25-26-22)10-3-4-13-14(5-10)31-9-30-13/h3-7,17,27H,9,24H2,1-2H3,(H,25,26)/t17-/m1/s1. The number of H-pyrrole nitrogens is 1. The summed E-state index contributed by atoms with van der Waals surface area (Å²) in [4.78, 5) is 0. The summed E-state index contributed by atoms with van der Waals surface area (Å²) in [6.07, 6.45) is 0. The summed E-state index contributed by atoms with van der Waals surface area (Å²) >= 11 is 0. The van der Waals surface area contributed by atoms with E-state index in [4.69, 9.17) is 29.4 Å². The van der Waals surface area contributed by atoms with Crippen molar-refractivity contribution < 1.29 is 28.8 Å². The van der Waals surface area contributed by atoms with E-state index in [0.29, 0.717) is 28.3 Å².